The second-order valence-electron chi connectivity index (χ2n) is 2.60. The van der Waals surface area contributed by atoms with Crippen LogP contribution < -0.4 is 10.4 Å². The van der Waals surface area contributed by atoms with E-state index < -0.39 is 0 Å². The molecular weight excluding hydrogens is 200 g/mol. The fourth-order valence-corrected chi connectivity index (χ4v) is 3.03. The van der Waals surface area contributed by atoms with E-state index in [0.717, 1.165) is 16.1 Å². The highest BCUT2D eigenvalue weighted by atomic mass is 32.9. The number of rotatable bonds is 1. The Balaban J connectivity index is 2.65. The molecule has 0 saturated heterocycles. The lowest BCUT2D eigenvalue weighted by molar-refractivity contribution is 1.36. The molecule has 2 nitrogen and oxygen atoms in total. The second-order valence-corrected chi connectivity index (χ2v) is 4.78. The molecule has 0 aliphatic carbocycles. The van der Waals surface area contributed by atoms with Crippen LogP contribution in [0.5, 0.6) is 0 Å². The second kappa shape index (κ2) is 3.32. The zero-order valence-corrected chi connectivity index (χ0v) is 8.41. The molecule has 0 fully saturated rings. The molecule has 0 atom stereocenters. The van der Waals surface area contributed by atoms with Crippen LogP contribution in [0.4, 0.5) is 5.00 Å². The van der Waals surface area contributed by atoms with E-state index in [9.17, 15) is 0 Å². The van der Waals surface area contributed by atoms with Crippen molar-refractivity contribution in [3.8, 4) is 11.1 Å². The van der Waals surface area contributed by atoms with Gasteiger partial charge in [-0.05, 0) is 5.56 Å². The maximum atomic E-state index is 7.68. The van der Waals surface area contributed by atoms with Gasteiger partial charge in [-0.3, -0.25) is 5.41 Å². The number of nitrogens with two attached hydrogens (primary N) is 1. The zero-order valence-electron chi connectivity index (χ0n) is 6.78. The van der Waals surface area contributed by atoms with Gasteiger partial charge in [0.15, 0.2) is 0 Å². The number of nitrogen functional groups attached to an aromatic ring is 1. The molecule has 0 saturated carbocycles. The minimum atomic E-state index is 0.550. The van der Waals surface area contributed by atoms with Gasteiger partial charge in [-0.1, -0.05) is 51.0 Å². The first-order chi connectivity index (χ1) is 6.29. The summed E-state index contributed by atoms with van der Waals surface area (Å²) in [6.07, 6.45) is 0. The van der Waals surface area contributed by atoms with Crippen LogP contribution in [-0.4, -0.2) is 0 Å². The van der Waals surface area contributed by atoms with Gasteiger partial charge in [0.25, 0.3) is 0 Å². The van der Waals surface area contributed by atoms with E-state index in [1.54, 1.807) is 0 Å². The Bertz CT molecular complexity index is 456. The van der Waals surface area contributed by atoms with Crippen LogP contribution >= 0.6 is 20.7 Å². The highest BCUT2D eigenvalue weighted by Gasteiger charge is 2.06. The van der Waals surface area contributed by atoms with Gasteiger partial charge in [0.1, 0.15) is 9.67 Å². The lowest BCUT2D eigenvalue weighted by Gasteiger charge is -1.97. The summed E-state index contributed by atoms with van der Waals surface area (Å²) >= 11 is 0. The normalized spacial score (nSPS) is 10.2. The van der Waals surface area contributed by atoms with Crippen LogP contribution in [0.2, 0.25) is 0 Å². The van der Waals surface area contributed by atoms with Crippen molar-refractivity contribution in [3.63, 3.8) is 0 Å². The van der Waals surface area contributed by atoms with Crippen molar-refractivity contribution in [1.82, 2.24) is 0 Å². The number of benzene rings is 1. The Morgan fingerprint density at radius 2 is 1.77 bits per heavy atom. The fourth-order valence-electron chi connectivity index (χ4n) is 1.16. The van der Waals surface area contributed by atoms with E-state index in [4.69, 9.17) is 11.1 Å². The van der Waals surface area contributed by atoms with Crippen LogP contribution in [0.15, 0.2) is 30.3 Å². The molecule has 0 spiro atoms. The number of anilines is 1. The molecule has 0 unspecified atom stereocenters. The minimum Gasteiger partial charge on any atom is -0.389 e. The summed E-state index contributed by atoms with van der Waals surface area (Å²) in [4.78, 5) is 0. The van der Waals surface area contributed by atoms with Gasteiger partial charge in [0.2, 0.25) is 0 Å². The van der Waals surface area contributed by atoms with Gasteiger partial charge in [0.05, 0.1) is 5.56 Å². The molecule has 0 aliphatic rings. The maximum Gasteiger partial charge on any atom is 0.128 e. The van der Waals surface area contributed by atoms with E-state index >= 15 is 0 Å². The standard InChI is InChI=1S/C9H8N2S2/c10-8-7(9(11)13-12-8)6-4-2-1-3-5-6/h1-5,10H,11H2. The maximum absolute atomic E-state index is 7.68. The summed E-state index contributed by atoms with van der Waals surface area (Å²) in [5.74, 6) is 0. The molecule has 3 N–H and O–H groups in total. The van der Waals surface area contributed by atoms with Crippen molar-refractivity contribution < 1.29 is 0 Å². The Kier molecular flexibility index (Phi) is 2.16. The molecule has 1 heterocycles. The third-order valence-electron chi connectivity index (χ3n) is 1.75. The summed E-state index contributed by atoms with van der Waals surface area (Å²) < 4.78 is 0.550. The molecule has 0 aliphatic heterocycles. The van der Waals surface area contributed by atoms with Gasteiger partial charge in [-0.15, -0.1) is 0 Å². The number of hydrogen-bond acceptors (Lipinski definition) is 4. The van der Waals surface area contributed by atoms with Gasteiger partial charge >= 0.3 is 0 Å². The third-order valence-corrected chi connectivity index (χ3v) is 3.88. The molecule has 66 valence electrons. The van der Waals surface area contributed by atoms with Crippen LogP contribution in [0.25, 0.3) is 11.1 Å². The monoisotopic (exact) mass is 208 g/mol. The topological polar surface area (TPSA) is 49.9 Å². The molecule has 1 aromatic heterocycles. The van der Waals surface area contributed by atoms with E-state index in [0.29, 0.717) is 4.67 Å². The predicted octanol–water partition coefficient (Wildman–Crippen LogP) is 2.54. The van der Waals surface area contributed by atoms with Crippen LogP contribution in [0.1, 0.15) is 0 Å². The quantitative estimate of drug-likeness (QED) is 0.695. The van der Waals surface area contributed by atoms with Crippen molar-refractivity contribution in [2.75, 3.05) is 5.73 Å². The number of hydrogen-bond donors (Lipinski definition) is 2. The largest absolute Gasteiger partial charge is 0.389 e. The molecule has 4 heteroatoms. The van der Waals surface area contributed by atoms with Gasteiger partial charge in [-0.25, -0.2) is 0 Å². The first-order valence-electron chi connectivity index (χ1n) is 3.77. The van der Waals surface area contributed by atoms with E-state index in [2.05, 4.69) is 0 Å². The first kappa shape index (κ1) is 8.47. The average molecular weight is 208 g/mol. The summed E-state index contributed by atoms with van der Waals surface area (Å²) in [6, 6.07) is 9.82. The van der Waals surface area contributed by atoms with Crippen molar-refractivity contribution >= 4 is 25.7 Å². The summed E-state index contributed by atoms with van der Waals surface area (Å²) in [5.41, 5.74) is 7.68. The zero-order chi connectivity index (χ0) is 9.26. The Morgan fingerprint density at radius 1 is 1.08 bits per heavy atom. The van der Waals surface area contributed by atoms with Crippen molar-refractivity contribution in [3.05, 3.63) is 35.0 Å². The SMILES string of the molecule is N=c1ssc(N)c1-c1ccccc1. The van der Waals surface area contributed by atoms with E-state index in [-0.39, 0.29) is 0 Å². The molecule has 0 amide bonds. The van der Waals surface area contributed by atoms with Gasteiger partial charge in [0, 0.05) is 0 Å². The lowest BCUT2D eigenvalue weighted by Crippen LogP contribution is -1.96. The van der Waals surface area contributed by atoms with Crippen molar-refractivity contribution in [1.29, 1.82) is 5.41 Å². The van der Waals surface area contributed by atoms with Gasteiger partial charge in [-0.2, -0.15) is 0 Å². The molecule has 0 bridgehead atoms. The Hall–Kier alpha value is -1.13. The van der Waals surface area contributed by atoms with Crippen LogP contribution in [0.3, 0.4) is 0 Å². The summed E-state index contributed by atoms with van der Waals surface area (Å²) in [5, 5.41) is 8.42. The summed E-state index contributed by atoms with van der Waals surface area (Å²) in [7, 11) is 2.87. The smallest absolute Gasteiger partial charge is 0.128 e. The fraction of sp³-hybridized carbons (Fsp3) is 0. The van der Waals surface area contributed by atoms with Crippen molar-refractivity contribution in [2.45, 2.75) is 0 Å². The average Bonchev–Trinajstić information content (AvgIpc) is 2.48. The van der Waals surface area contributed by atoms with Crippen LogP contribution in [-0.2, 0) is 0 Å². The van der Waals surface area contributed by atoms with Gasteiger partial charge < -0.3 is 5.73 Å². The molecule has 1 aromatic carbocycles. The minimum absolute atomic E-state index is 0.550. The van der Waals surface area contributed by atoms with Crippen molar-refractivity contribution in [2.24, 2.45) is 0 Å². The predicted molar refractivity (Wildman–Crippen MR) is 57.9 cm³/mol. The Labute approximate surface area is 83.2 Å². The highest BCUT2D eigenvalue weighted by molar-refractivity contribution is 7.70. The molecular formula is C9H8N2S2. The molecule has 0 radical (unpaired) electrons. The van der Waals surface area contributed by atoms with Crippen LogP contribution in [0, 0.1) is 5.41 Å². The third kappa shape index (κ3) is 1.50. The summed E-state index contributed by atoms with van der Waals surface area (Å²) in [6.45, 7) is 0. The number of nitrogens with one attached hydrogen (secondary N) is 1. The molecule has 2 rings (SSSR count). The Morgan fingerprint density at radius 3 is 2.31 bits per heavy atom. The first-order valence-corrected chi connectivity index (χ1v) is 5.92. The molecule has 13 heavy (non-hydrogen) atoms. The highest BCUT2D eigenvalue weighted by Crippen LogP contribution is 2.28. The lowest BCUT2D eigenvalue weighted by atomic mass is 10.1. The van der Waals surface area contributed by atoms with E-state index in [1.807, 2.05) is 30.3 Å². The van der Waals surface area contributed by atoms with E-state index in [1.165, 1.54) is 20.7 Å². The molecule has 2 aromatic rings.